The molecule has 0 fully saturated rings. The second-order valence-electron chi connectivity index (χ2n) is 3.95. The van der Waals surface area contributed by atoms with Gasteiger partial charge in [-0.1, -0.05) is 31.2 Å². The number of aliphatic hydroxyl groups excluding tert-OH is 1. The molecular weight excluding hydrogens is 186 g/mol. The van der Waals surface area contributed by atoms with Gasteiger partial charge in [0.2, 0.25) is 0 Å². The third kappa shape index (κ3) is 1.85. The molecule has 0 aliphatic heterocycles. The number of benzene rings is 1. The zero-order valence-electron chi connectivity index (χ0n) is 9.01. The lowest BCUT2D eigenvalue weighted by Crippen LogP contribution is -2.11. The quantitative estimate of drug-likeness (QED) is 0.810. The molecule has 78 valence electrons. The number of aliphatic hydroxyl groups is 1. The first-order valence-corrected chi connectivity index (χ1v) is 5.22. The van der Waals surface area contributed by atoms with E-state index in [-0.39, 0.29) is 12.0 Å². The highest BCUT2D eigenvalue weighted by molar-refractivity contribution is 5.82. The van der Waals surface area contributed by atoms with Gasteiger partial charge in [-0.2, -0.15) is 0 Å². The highest BCUT2D eigenvalue weighted by Crippen LogP contribution is 2.25. The molecule has 1 aromatic carbocycles. The first-order chi connectivity index (χ1) is 7.20. The average molecular weight is 201 g/mol. The van der Waals surface area contributed by atoms with Gasteiger partial charge in [-0.05, 0) is 18.6 Å². The van der Waals surface area contributed by atoms with E-state index in [1.807, 2.05) is 44.2 Å². The second kappa shape index (κ2) is 3.99. The molecule has 2 nitrogen and oxygen atoms in total. The molecule has 2 aromatic rings. The minimum absolute atomic E-state index is 0.114. The third-order valence-corrected chi connectivity index (χ3v) is 2.88. The van der Waals surface area contributed by atoms with Crippen LogP contribution in [0.4, 0.5) is 0 Å². The van der Waals surface area contributed by atoms with Gasteiger partial charge in [0.15, 0.2) is 0 Å². The fourth-order valence-corrected chi connectivity index (χ4v) is 1.76. The maximum Gasteiger partial charge on any atom is 0.0737 e. The van der Waals surface area contributed by atoms with E-state index >= 15 is 0 Å². The summed E-state index contributed by atoms with van der Waals surface area (Å²) in [6.45, 7) is 3.83. The van der Waals surface area contributed by atoms with Gasteiger partial charge >= 0.3 is 0 Å². The van der Waals surface area contributed by atoms with Crippen LogP contribution in [0.25, 0.3) is 10.9 Å². The van der Waals surface area contributed by atoms with E-state index in [4.69, 9.17) is 0 Å². The van der Waals surface area contributed by atoms with E-state index in [0.29, 0.717) is 0 Å². The van der Waals surface area contributed by atoms with E-state index < -0.39 is 0 Å². The van der Waals surface area contributed by atoms with E-state index in [9.17, 15) is 5.11 Å². The van der Waals surface area contributed by atoms with Gasteiger partial charge in [0.25, 0.3) is 0 Å². The standard InChI is InChI=1S/C13H15NO/c1-9(10(2)15)12-7-3-5-11-6-4-8-14-13(11)12/h3-10,15H,1-2H3. The normalized spacial score (nSPS) is 15.1. The molecule has 15 heavy (non-hydrogen) atoms. The van der Waals surface area contributed by atoms with Crippen molar-refractivity contribution < 1.29 is 5.11 Å². The Balaban J connectivity index is 2.60. The first kappa shape index (κ1) is 10.1. The Labute approximate surface area is 89.6 Å². The fourth-order valence-electron chi connectivity index (χ4n) is 1.76. The molecule has 0 saturated heterocycles. The number of aromatic nitrogens is 1. The summed E-state index contributed by atoms with van der Waals surface area (Å²) in [4.78, 5) is 4.37. The molecule has 2 unspecified atom stereocenters. The van der Waals surface area contributed by atoms with Crippen LogP contribution in [-0.4, -0.2) is 16.2 Å². The van der Waals surface area contributed by atoms with Crippen molar-refractivity contribution in [3.8, 4) is 0 Å². The SMILES string of the molecule is CC(O)C(C)c1cccc2cccnc12. The summed E-state index contributed by atoms with van der Waals surface area (Å²) < 4.78 is 0. The predicted octanol–water partition coefficient (Wildman–Crippen LogP) is 2.72. The van der Waals surface area contributed by atoms with Crippen molar-refractivity contribution in [2.45, 2.75) is 25.9 Å². The van der Waals surface area contributed by atoms with Crippen molar-refractivity contribution in [3.63, 3.8) is 0 Å². The van der Waals surface area contributed by atoms with Crippen LogP contribution in [0.3, 0.4) is 0 Å². The highest BCUT2D eigenvalue weighted by atomic mass is 16.3. The molecule has 1 N–H and O–H groups in total. The predicted molar refractivity (Wildman–Crippen MR) is 61.8 cm³/mol. The van der Waals surface area contributed by atoms with Gasteiger partial charge in [-0.3, -0.25) is 4.98 Å². The van der Waals surface area contributed by atoms with Crippen molar-refractivity contribution in [2.75, 3.05) is 0 Å². The summed E-state index contributed by atoms with van der Waals surface area (Å²) in [5, 5.41) is 10.7. The minimum Gasteiger partial charge on any atom is -0.393 e. The van der Waals surface area contributed by atoms with E-state index in [1.165, 1.54) is 0 Å². The maximum absolute atomic E-state index is 9.61. The number of hydrogen-bond donors (Lipinski definition) is 1. The van der Waals surface area contributed by atoms with Crippen LogP contribution in [0, 0.1) is 0 Å². The highest BCUT2D eigenvalue weighted by Gasteiger charge is 2.14. The summed E-state index contributed by atoms with van der Waals surface area (Å²) >= 11 is 0. The van der Waals surface area contributed by atoms with Gasteiger partial charge in [0.05, 0.1) is 11.6 Å². The molecule has 0 saturated carbocycles. The minimum atomic E-state index is -0.349. The summed E-state index contributed by atoms with van der Waals surface area (Å²) in [5.74, 6) is 0.114. The number of pyridine rings is 1. The van der Waals surface area contributed by atoms with Crippen LogP contribution in [-0.2, 0) is 0 Å². The molecule has 2 rings (SSSR count). The Morgan fingerprint density at radius 2 is 1.87 bits per heavy atom. The lowest BCUT2D eigenvalue weighted by molar-refractivity contribution is 0.169. The Morgan fingerprint density at radius 3 is 2.60 bits per heavy atom. The molecule has 0 radical (unpaired) electrons. The van der Waals surface area contributed by atoms with Crippen molar-refractivity contribution >= 4 is 10.9 Å². The number of rotatable bonds is 2. The van der Waals surface area contributed by atoms with Gasteiger partial charge in [-0.25, -0.2) is 0 Å². The lowest BCUT2D eigenvalue weighted by atomic mass is 9.94. The third-order valence-electron chi connectivity index (χ3n) is 2.88. The lowest BCUT2D eigenvalue weighted by Gasteiger charge is -2.16. The molecule has 0 spiro atoms. The van der Waals surface area contributed by atoms with Crippen molar-refractivity contribution in [1.29, 1.82) is 0 Å². The molecule has 0 aliphatic rings. The van der Waals surface area contributed by atoms with Gasteiger partial charge in [-0.15, -0.1) is 0 Å². The van der Waals surface area contributed by atoms with Crippen LogP contribution >= 0.6 is 0 Å². The molecule has 1 heterocycles. The zero-order chi connectivity index (χ0) is 10.8. The fraction of sp³-hybridized carbons (Fsp3) is 0.308. The summed E-state index contributed by atoms with van der Waals surface area (Å²) in [6, 6.07) is 10.1. The van der Waals surface area contributed by atoms with Crippen molar-refractivity contribution in [2.24, 2.45) is 0 Å². The molecule has 0 aliphatic carbocycles. The molecule has 1 aromatic heterocycles. The van der Waals surface area contributed by atoms with E-state index in [1.54, 1.807) is 6.20 Å². The van der Waals surface area contributed by atoms with Crippen LogP contribution in [0.15, 0.2) is 36.5 Å². The van der Waals surface area contributed by atoms with Crippen LogP contribution in [0.1, 0.15) is 25.3 Å². The summed E-state index contributed by atoms with van der Waals surface area (Å²) in [6.07, 6.45) is 1.44. The van der Waals surface area contributed by atoms with Gasteiger partial charge in [0, 0.05) is 17.5 Å². The van der Waals surface area contributed by atoms with Crippen molar-refractivity contribution in [1.82, 2.24) is 4.98 Å². The second-order valence-corrected chi connectivity index (χ2v) is 3.95. The van der Waals surface area contributed by atoms with Crippen LogP contribution in [0.2, 0.25) is 0 Å². The Bertz CT molecular complexity index is 460. The molecule has 2 atom stereocenters. The van der Waals surface area contributed by atoms with Gasteiger partial charge < -0.3 is 5.11 Å². The first-order valence-electron chi connectivity index (χ1n) is 5.22. The van der Waals surface area contributed by atoms with E-state index in [2.05, 4.69) is 4.98 Å². The van der Waals surface area contributed by atoms with Crippen molar-refractivity contribution in [3.05, 3.63) is 42.1 Å². The topological polar surface area (TPSA) is 33.1 Å². The average Bonchev–Trinajstić information content (AvgIpc) is 2.27. The van der Waals surface area contributed by atoms with Crippen LogP contribution < -0.4 is 0 Å². The number of hydrogen-bond acceptors (Lipinski definition) is 2. The molecular formula is C13H15NO. The Hall–Kier alpha value is -1.41. The summed E-state index contributed by atoms with van der Waals surface area (Å²) in [7, 11) is 0. The number of nitrogens with zero attached hydrogens (tertiary/aromatic N) is 1. The molecule has 0 bridgehead atoms. The largest absolute Gasteiger partial charge is 0.393 e. The molecule has 0 amide bonds. The Morgan fingerprint density at radius 1 is 1.13 bits per heavy atom. The monoisotopic (exact) mass is 201 g/mol. The number of para-hydroxylation sites is 1. The smallest absolute Gasteiger partial charge is 0.0737 e. The Kier molecular flexibility index (Phi) is 2.69. The summed E-state index contributed by atoms with van der Waals surface area (Å²) in [5.41, 5.74) is 2.11. The molecule has 2 heteroatoms. The van der Waals surface area contributed by atoms with Crippen LogP contribution in [0.5, 0.6) is 0 Å². The zero-order valence-corrected chi connectivity index (χ0v) is 9.01. The van der Waals surface area contributed by atoms with Gasteiger partial charge in [0.1, 0.15) is 0 Å². The number of fused-ring (bicyclic) bond motifs is 1. The van der Waals surface area contributed by atoms with E-state index in [0.717, 1.165) is 16.5 Å². The maximum atomic E-state index is 9.61.